The largest absolute Gasteiger partial charge is 0.484 e. The van der Waals surface area contributed by atoms with E-state index in [1.807, 2.05) is 6.07 Å². The SMILES string of the molecule is Cc1ccc(NC(=O)COc2ccc(Oc3ccccn3)cc2)cc1S(=O)(=O)N(C)C. The number of aromatic nitrogens is 1. The second-order valence-corrected chi connectivity index (χ2v) is 8.97. The van der Waals surface area contributed by atoms with Gasteiger partial charge in [0.1, 0.15) is 11.5 Å². The van der Waals surface area contributed by atoms with Crippen LogP contribution in [-0.2, 0) is 14.8 Å². The van der Waals surface area contributed by atoms with Gasteiger partial charge in [0.15, 0.2) is 6.61 Å². The van der Waals surface area contributed by atoms with Crippen LogP contribution < -0.4 is 14.8 Å². The molecule has 0 saturated heterocycles. The van der Waals surface area contributed by atoms with Gasteiger partial charge in [0.05, 0.1) is 4.90 Å². The van der Waals surface area contributed by atoms with E-state index in [0.29, 0.717) is 28.6 Å². The Morgan fingerprint density at radius 2 is 1.74 bits per heavy atom. The molecule has 0 aliphatic carbocycles. The van der Waals surface area contributed by atoms with Crippen LogP contribution >= 0.6 is 0 Å². The van der Waals surface area contributed by atoms with Crippen molar-refractivity contribution in [1.29, 1.82) is 0 Å². The molecule has 0 bridgehead atoms. The van der Waals surface area contributed by atoms with Gasteiger partial charge >= 0.3 is 0 Å². The third-order valence-corrected chi connectivity index (χ3v) is 6.24. The van der Waals surface area contributed by atoms with Crippen LogP contribution in [0.2, 0.25) is 0 Å². The standard InChI is InChI=1S/C22H23N3O5S/c1-16-7-8-17(14-20(16)31(27,28)25(2)3)24-21(26)15-29-18-9-11-19(12-10-18)30-22-6-4-5-13-23-22/h4-14H,15H2,1-3H3,(H,24,26). The van der Waals surface area contributed by atoms with Gasteiger partial charge in [0, 0.05) is 32.0 Å². The molecule has 31 heavy (non-hydrogen) atoms. The number of ether oxygens (including phenoxy) is 2. The maximum Gasteiger partial charge on any atom is 0.262 e. The van der Waals surface area contributed by atoms with Gasteiger partial charge in [0.2, 0.25) is 15.9 Å². The van der Waals surface area contributed by atoms with Gasteiger partial charge in [-0.2, -0.15) is 0 Å². The molecule has 1 aromatic heterocycles. The molecule has 0 fully saturated rings. The summed E-state index contributed by atoms with van der Waals surface area (Å²) in [6.07, 6.45) is 1.64. The summed E-state index contributed by atoms with van der Waals surface area (Å²) < 4.78 is 37.1. The number of nitrogens with one attached hydrogen (secondary N) is 1. The highest BCUT2D eigenvalue weighted by atomic mass is 32.2. The molecule has 0 atom stereocenters. The number of anilines is 1. The zero-order chi connectivity index (χ0) is 22.4. The van der Waals surface area contributed by atoms with Gasteiger partial charge in [-0.25, -0.2) is 17.7 Å². The van der Waals surface area contributed by atoms with Crippen molar-refractivity contribution in [3.8, 4) is 17.4 Å². The van der Waals surface area contributed by atoms with E-state index in [4.69, 9.17) is 9.47 Å². The number of sulfonamides is 1. The van der Waals surface area contributed by atoms with Crippen LogP contribution in [-0.4, -0.2) is 44.3 Å². The third-order valence-electron chi connectivity index (χ3n) is 4.28. The van der Waals surface area contributed by atoms with Crippen molar-refractivity contribution < 1.29 is 22.7 Å². The Labute approximate surface area is 181 Å². The van der Waals surface area contributed by atoms with Gasteiger partial charge in [-0.1, -0.05) is 12.1 Å². The Hall–Kier alpha value is -3.43. The van der Waals surface area contributed by atoms with Crippen molar-refractivity contribution >= 4 is 21.6 Å². The number of amides is 1. The van der Waals surface area contributed by atoms with Gasteiger partial charge < -0.3 is 14.8 Å². The minimum atomic E-state index is -3.61. The fourth-order valence-corrected chi connectivity index (χ4v) is 3.77. The minimum absolute atomic E-state index is 0.139. The number of hydrogen-bond donors (Lipinski definition) is 1. The molecule has 0 saturated carbocycles. The molecule has 0 aliphatic rings. The van der Waals surface area contributed by atoms with E-state index in [1.165, 1.54) is 20.2 Å². The van der Waals surface area contributed by atoms with Crippen LogP contribution in [0.15, 0.2) is 71.8 Å². The molecule has 0 unspecified atom stereocenters. The Kier molecular flexibility index (Phi) is 6.88. The lowest BCUT2D eigenvalue weighted by molar-refractivity contribution is -0.118. The fraction of sp³-hybridized carbons (Fsp3) is 0.182. The highest BCUT2D eigenvalue weighted by Crippen LogP contribution is 2.23. The first kappa shape index (κ1) is 22.3. The lowest BCUT2D eigenvalue weighted by atomic mass is 10.2. The third kappa shape index (κ3) is 5.80. The molecule has 3 rings (SSSR count). The summed E-state index contributed by atoms with van der Waals surface area (Å²) in [5, 5.41) is 2.66. The topological polar surface area (TPSA) is 97.8 Å². The van der Waals surface area contributed by atoms with Gasteiger partial charge in [-0.15, -0.1) is 0 Å². The zero-order valence-electron chi connectivity index (χ0n) is 17.4. The number of pyridine rings is 1. The van der Waals surface area contributed by atoms with Crippen LogP contribution in [0.1, 0.15) is 5.56 Å². The molecule has 1 amide bonds. The zero-order valence-corrected chi connectivity index (χ0v) is 18.2. The predicted octanol–water partition coefficient (Wildman–Crippen LogP) is 3.45. The molecule has 2 aromatic carbocycles. The number of carbonyl (C=O) groups is 1. The lowest BCUT2D eigenvalue weighted by Crippen LogP contribution is -2.24. The number of nitrogens with zero attached hydrogens (tertiary/aromatic N) is 2. The first-order valence-electron chi connectivity index (χ1n) is 9.40. The highest BCUT2D eigenvalue weighted by molar-refractivity contribution is 7.89. The normalized spacial score (nSPS) is 11.2. The van der Waals surface area contributed by atoms with E-state index in [-0.39, 0.29) is 11.5 Å². The number of hydrogen-bond acceptors (Lipinski definition) is 6. The van der Waals surface area contributed by atoms with Crippen LogP contribution in [0.5, 0.6) is 17.4 Å². The summed E-state index contributed by atoms with van der Waals surface area (Å²) in [5.74, 6) is 1.14. The first-order valence-corrected chi connectivity index (χ1v) is 10.8. The Morgan fingerprint density at radius 3 is 2.39 bits per heavy atom. The number of aryl methyl sites for hydroxylation is 1. The smallest absolute Gasteiger partial charge is 0.262 e. The maximum atomic E-state index is 12.4. The summed E-state index contributed by atoms with van der Waals surface area (Å²) in [4.78, 5) is 16.5. The van der Waals surface area contributed by atoms with Crippen molar-refractivity contribution in [2.24, 2.45) is 0 Å². The van der Waals surface area contributed by atoms with E-state index in [2.05, 4.69) is 10.3 Å². The highest BCUT2D eigenvalue weighted by Gasteiger charge is 2.20. The predicted molar refractivity (Wildman–Crippen MR) is 117 cm³/mol. The molecule has 1 N–H and O–H groups in total. The van der Waals surface area contributed by atoms with Crippen LogP contribution in [0.4, 0.5) is 5.69 Å². The Bertz CT molecular complexity index is 1150. The summed E-state index contributed by atoms with van der Waals surface area (Å²) in [6, 6.07) is 16.9. The second-order valence-electron chi connectivity index (χ2n) is 6.85. The molecule has 1 heterocycles. The van der Waals surface area contributed by atoms with E-state index in [9.17, 15) is 13.2 Å². The summed E-state index contributed by atoms with van der Waals surface area (Å²) in [5.41, 5.74) is 0.967. The van der Waals surface area contributed by atoms with Crippen molar-refractivity contribution in [2.75, 3.05) is 26.0 Å². The maximum absolute atomic E-state index is 12.4. The molecular weight excluding hydrogens is 418 g/mol. The molecule has 0 spiro atoms. The summed E-state index contributed by atoms with van der Waals surface area (Å²) in [6.45, 7) is 1.47. The summed E-state index contributed by atoms with van der Waals surface area (Å²) in [7, 11) is -0.696. The van der Waals surface area contributed by atoms with Crippen molar-refractivity contribution in [3.63, 3.8) is 0 Å². The van der Waals surface area contributed by atoms with Crippen molar-refractivity contribution in [1.82, 2.24) is 9.29 Å². The number of carbonyl (C=O) groups excluding carboxylic acids is 1. The molecule has 0 aliphatic heterocycles. The fourth-order valence-electron chi connectivity index (χ4n) is 2.63. The molecular formula is C22H23N3O5S. The number of benzene rings is 2. The van der Waals surface area contributed by atoms with Gasteiger partial charge in [-0.05, 0) is 55.0 Å². The first-order chi connectivity index (χ1) is 14.8. The van der Waals surface area contributed by atoms with Crippen LogP contribution in [0.25, 0.3) is 0 Å². The van der Waals surface area contributed by atoms with Crippen molar-refractivity contribution in [2.45, 2.75) is 11.8 Å². The van der Waals surface area contributed by atoms with E-state index >= 15 is 0 Å². The van der Waals surface area contributed by atoms with Crippen molar-refractivity contribution in [3.05, 3.63) is 72.4 Å². The summed E-state index contributed by atoms with van der Waals surface area (Å²) >= 11 is 0. The van der Waals surface area contributed by atoms with E-state index < -0.39 is 15.9 Å². The number of rotatable bonds is 8. The second kappa shape index (κ2) is 9.59. The van der Waals surface area contributed by atoms with Gasteiger partial charge in [0.25, 0.3) is 5.91 Å². The molecule has 0 radical (unpaired) electrons. The van der Waals surface area contributed by atoms with Gasteiger partial charge in [-0.3, -0.25) is 4.79 Å². The van der Waals surface area contributed by atoms with Crippen LogP contribution in [0, 0.1) is 6.92 Å². The minimum Gasteiger partial charge on any atom is -0.484 e. The molecule has 162 valence electrons. The Morgan fingerprint density at radius 1 is 1.03 bits per heavy atom. The lowest BCUT2D eigenvalue weighted by Gasteiger charge is -2.15. The molecule has 8 nitrogen and oxygen atoms in total. The van der Waals surface area contributed by atoms with E-state index in [1.54, 1.807) is 61.7 Å². The van der Waals surface area contributed by atoms with E-state index in [0.717, 1.165) is 4.31 Å². The van der Waals surface area contributed by atoms with Crippen LogP contribution in [0.3, 0.4) is 0 Å². The molecule has 9 heteroatoms. The molecule has 3 aromatic rings. The quantitative estimate of drug-likeness (QED) is 0.575. The monoisotopic (exact) mass is 441 g/mol. The average molecular weight is 442 g/mol. The Balaban J connectivity index is 1.58. The average Bonchev–Trinajstić information content (AvgIpc) is 2.75.